The first-order valence-corrected chi connectivity index (χ1v) is 6.11. The summed E-state index contributed by atoms with van der Waals surface area (Å²) in [6, 6.07) is 10.6. The summed E-state index contributed by atoms with van der Waals surface area (Å²) in [5, 5.41) is 21.2. The van der Waals surface area contributed by atoms with E-state index < -0.39 is 5.91 Å². The van der Waals surface area contributed by atoms with E-state index in [1.807, 2.05) is 0 Å². The van der Waals surface area contributed by atoms with E-state index >= 15 is 0 Å². The van der Waals surface area contributed by atoms with Crippen molar-refractivity contribution in [3.8, 4) is 11.5 Å². The van der Waals surface area contributed by atoms with Gasteiger partial charge in [-0.15, -0.1) is 0 Å². The molecule has 1 amide bonds. The second kappa shape index (κ2) is 5.58. The summed E-state index contributed by atoms with van der Waals surface area (Å²) in [4.78, 5) is 12.2. The minimum absolute atomic E-state index is 0.235. The number of phenolic OH excluding ortho intramolecular Hbond substituents is 2. The van der Waals surface area contributed by atoms with Crippen molar-refractivity contribution in [2.24, 2.45) is 5.73 Å². The normalized spacial score (nSPS) is 10.0. The summed E-state index contributed by atoms with van der Waals surface area (Å²) in [5.74, 6) is -1.02. The predicted molar refractivity (Wildman–Crippen MR) is 80.1 cm³/mol. The fraction of sp³-hybridized carbons (Fsp3) is 0. The zero-order chi connectivity index (χ0) is 14.7. The number of benzene rings is 2. The molecule has 0 saturated carbocycles. The molecular weight excluding hydrogens is 276 g/mol. The first-order chi connectivity index (χ1) is 9.47. The number of carbonyl (C=O) groups is 1. The van der Waals surface area contributed by atoms with Gasteiger partial charge in [0.15, 0.2) is 11.5 Å². The molecule has 0 aliphatic rings. The van der Waals surface area contributed by atoms with Crippen molar-refractivity contribution in [3.05, 3.63) is 53.6 Å². The van der Waals surface area contributed by atoms with Crippen LogP contribution in [0.1, 0.15) is 15.9 Å². The third kappa shape index (κ3) is 3.04. The van der Waals surface area contributed by atoms with Crippen LogP contribution in [0.15, 0.2) is 42.5 Å². The van der Waals surface area contributed by atoms with Crippen LogP contribution in [0.2, 0.25) is 0 Å². The van der Waals surface area contributed by atoms with E-state index in [0.29, 0.717) is 11.3 Å². The summed E-state index contributed by atoms with van der Waals surface area (Å²) in [7, 11) is 0. The van der Waals surface area contributed by atoms with Gasteiger partial charge in [-0.25, -0.2) is 0 Å². The van der Waals surface area contributed by atoms with Gasteiger partial charge in [0.1, 0.15) is 4.99 Å². The number of rotatable bonds is 3. The van der Waals surface area contributed by atoms with Crippen LogP contribution < -0.4 is 11.1 Å². The van der Waals surface area contributed by atoms with Crippen molar-refractivity contribution in [2.45, 2.75) is 0 Å². The number of amides is 1. The van der Waals surface area contributed by atoms with Crippen LogP contribution in [-0.2, 0) is 0 Å². The van der Waals surface area contributed by atoms with E-state index in [9.17, 15) is 15.0 Å². The maximum absolute atomic E-state index is 11.9. The fourth-order valence-electron chi connectivity index (χ4n) is 1.59. The van der Waals surface area contributed by atoms with Crippen LogP contribution >= 0.6 is 12.2 Å². The van der Waals surface area contributed by atoms with E-state index in [1.165, 1.54) is 18.2 Å². The summed E-state index contributed by atoms with van der Waals surface area (Å²) < 4.78 is 0. The smallest absolute Gasteiger partial charge is 0.255 e. The molecule has 0 radical (unpaired) electrons. The van der Waals surface area contributed by atoms with Gasteiger partial charge in [-0.05, 0) is 42.5 Å². The number of anilines is 1. The highest BCUT2D eigenvalue weighted by molar-refractivity contribution is 7.80. The number of hydrogen-bond acceptors (Lipinski definition) is 4. The minimum atomic E-state index is -0.400. The molecule has 0 unspecified atom stereocenters. The van der Waals surface area contributed by atoms with Crippen LogP contribution in [0.25, 0.3) is 0 Å². The molecule has 6 heteroatoms. The highest BCUT2D eigenvalue weighted by atomic mass is 32.1. The Bertz CT molecular complexity index is 669. The van der Waals surface area contributed by atoms with Gasteiger partial charge in [-0.1, -0.05) is 12.2 Å². The Labute approximate surface area is 120 Å². The van der Waals surface area contributed by atoms with Gasteiger partial charge in [-0.3, -0.25) is 4.79 Å². The van der Waals surface area contributed by atoms with Crippen LogP contribution in [0.3, 0.4) is 0 Å². The summed E-state index contributed by atoms with van der Waals surface area (Å²) in [5.41, 5.74) is 6.99. The van der Waals surface area contributed by atoms with Gasteiger partial charge in [-0.2, -0.15) is 0 Å². The lowest BCUT2D eigenvalue weighted by Crippen LogP contribution is -2.12. The van der Waals surface area contributed by atoms with Gasteiger partial charge < -0.3 is 21.3 Å². The number of thiocarbonyl (C=S) groups is 1. The molecule has 0 aliphatic carbocycles. The topological polar surface area (TPSA) is 95.6 Å². The van der Waals surface area contributed by atoms with Gasteiger partial charge >= 0.3 is 0 Å². The molecule has 0 saturated heterocycles. The van der Waals surface area contributed by atoms with Gasteiger partial charge in [0.25, 0.3) is 5.91 Å². The van der Waals surface area contributed by atoms with E-state index in [-0.39, 0.29) is 22.1 Å². The zero-order valence-electron chi connectivity index (χ0n) is 10.3. The van der Waals surface area contributed by atoms with Crippen molar-refractivity contribution < 1.29 is 15.0 Å². The highest BCUT2D eigenvalue weighted by Crippen LogP contribution is 2.25. The maximum atomic E-state index is 11.9. The lowest BCUT2D eigenvalue weighted by molar-refractivity contribution is 0.102. The number of carbonyl (C=O) groups excluding carboxylic acids is 1. The first kappa shape index (κ1) is 13.8. The minimum Gasteiger partial charge on any atom is -0.504 e. The van der Waals surface area contributed by atoms with Crippen LogP contribution in [-0.4, -0.2) is 21.1 Å². The third-order valence-electron chi connectivity index (χ3n) is 2.66. The maximum Gasteiger partial charge on any atom is 0.255 e. The Hall–Kier alpha value is -2.60. The Morgan fingerprint density at radius 3 is 2.15 bits per heavy atom. The van der Waals surface area contributed by atoms with Crippen LogP contribution in [0.5, 0.6) is 11.5 Å². The standard InChI is InChI=1S/C14H12N2O3S/c15-13(20)8-1-4-10(5-2-8)16-14(19)9-3-6-11(17)12(18)7-9/h1-7,17-18H,(H2,15,20)(H,16,19). The van der Waals surface area contributed by atoms with E-state index in [4.69, 9.17) is 18.0 Å². The summed E-state index contributed by atoms with van der Waals surface area (Å²) in [6.07, 6.45) is 0. The molecule has 0 aromatic heterocycles. The summed E-state index contributed by atoms with van der Waals surface area (Å²) >= 11 is 4.84. The Balaban J connectivity index is 2.14. The van der Waals surface area contributed by atoms with Gasteiger partial charge in [0.2, 0.25) is 0 Å². The Morgan fingerprint density at radius 2 is 1.60 bits per heavy atom. The average Bonchev–Trinajstić information content (AvgIpc) is 2.42. The van der Waals surface area contributed by atoms with Crippen LogP contribution in [0.4, 0.5) is 5.69 Å². The first-order valence-electron chi connectivity index (χ1n) is 5.70. The molecule has 20 heavy (non-hydrogen) atoms. The molecule has 0 spiro atoms. The molecule has 2 aromatic carbocycles. The molecule has 0 atom stereocenters. The molecule has 0 fully saturated rings. The second-order valence-corrected chi connectivity index (χ2v) is 4.54. The largest absolute Gasteiger partial charge is 0.504 e. The monoisotopic (exact) mass is 288 g/mol. The molecule has 102 valence electrons. The Kier molecular flexibility index (Phi) is 3.86. The molecule has 2 aromatic rings. The lowest BCUT2D eigenvalue weighted by atomic mass is 10.1. The predicted octanol–water partition coefficient (Wildman–Crippen LogP) is 1.98. The van der Waals surface area contributed by atoms with Gasteiger partial charge in [0.05, 0.1) is 0 Å². The van der Waals surface area contributed by atoms with Gasteiger partial charge in [0, 0.05) is 16.8 Å². The average molecular weight is 288 g/mol. The number of aromatic hydroxyl groups is 2. The molecule has 5 nitrogen and oxygen atoms in total. The number of nitrogens with one attached hydrogen (secondary N) is 1. The third-order valence-corrected chi connectivity index (χ3v) is 2.90. The highest BCUT2D eigenvalue weighted by Gasteiger charge is 2.09. The zero-order valence-corrected chi connectivity index (χ0v) is 11.1. The molecule has 0 heterocycles. The van der Waals surface area contributed by atoms with Crippen molar-refractivity contribution in [3.63, 3.8) is 0 Å². The number of hydrogen-bond donors (Lipinski definition) is 4. The Morgan fingerprint density at radius 1 is 1.00 bits per heavy atom. The molecule has 0 aliphatic heterocycles. The molecule has 5 N–H and O–H groups in total. The van der Waals surface area contributed by atoms with Crippen LogP contribution in [0, 0.1) is 0 Å². The van der Waals surface area contributed by atoms with Crippen molar-refractivity contribution in [1.82, 2.24) is 0 Å². The van der Waals surface area contributed by atoms with E-state index in [2.05, 4.69) is 5.32 Å². The lowest BCUT2D eigenvalue weighted by Gasteiger charge is -2.07. The number of nitrogens with two attached hydrogens (primary N) is 1. The quantitative estimate of drug-likeness (QED) is 0.511. The van der Waals surface area contributed by atoms with E-state index in [1.54, 1.807) is 24.3 Å². The van der Waals surface area contributed by atoms with Crippen molar-refractivity contribution >= 4 is 28.8 Å². The van der Waals surface area contributed by atoms with Crippen molar-refractivity contribution in [1.29, 1.82) is 0 Å². The second-order valence-electron chi connectivity index (χ2n) is 4.10. The SMILES string of the molecule is NC(=S)c1ccc(NC(=O)c2ccc(O)c(O)c2)cc1. The number of phenols is 2. The van der Waals surface area contributed by atoms with Crippen molar-refractivity contribution in [2.75, 3.05) is 5.32 Å². The molecular formula is C14H12N2O3S. The fourth-order valence-corrected chi connectivity index (χ4v) is 1.72. The summed E-state index contributed by atoms with van der Waals surface area (Å²) in [6.45, 7) is 0. The molecule has 0 bridgehead atoms. The molecule has 2 rings (SSSR count). The van der Waals surface area contributed by atoms with E-state index in [0.717, 1.165) is 0 Å².